The molecular formula is C28H22F6N4O5S3. The highest BCUT2D eigenvalue weighted by molar-refractivity contribution is 8.26. The molecular weight excluding hydrogens is 683 g/mol. The lowest BCUT2D eigenvalue weighted by Crippen LogP contribution is -2.41. The average Bonchev–Trinajstić information content (AvgIpc) is 3.23. The minimum atomic E-state index is -5.03. The van der Waals surface area contributed by atoms with Crippen LogP contribution in [0.25, 0.3) is 17.3 Å². The maximum atomic E-state index is 13.3. The normalized spacial score (nSPS) is 15.1. The van der Waals surface area contributed by atoms with Gasteiger partial charge in [-0.3, -0.25) is 9.52 Å². The maximum Gasteiger partial charge on any atom is 0.416 e. The third-order valence-electron chi connectivity index (χ3n) is 6.24. The van der Waals surface area contributed by atoms with Gasteiger partial charge in [0.15, 0.2) is 4.32 Å². The van der Waals surface area contributed by atoms with Gasteiger partial charge in [0.2, 0.25) is 10.0 Å². The fraction of sp³-hybridized carbons (Fsp3) is 0.214. The number of alkyl halides is 6. The first-order valence-corrected chi connectivity index (χ1v) is 15.9. The van der Waals surface area contributed by atoms with Gasteiger partial charge in [-0.05, 0) is 73.5 Å². The zero-order valence-electron chi connectivity index (χ0n) is 23.1. The molecule has 0 saturated carbocycles. The van der Waals surface area contributed by atoms with Gasteiger partial charge < -0.3 is 5.11 Å². The zero-order valence-corrected chi connectivity index (χ0v) is 25.6. The van der Waals surface area contributed by atoms with Gasteiger partial charge in [-0.15, -0.1) is 0 Å². The highest BCUT2D eigenvalue weighted by Gasteiger charge is 2.37. The summed E-state index contributed by atoms with van der Waals surface area (Å²) in [6.07, 6.45) is -8.25. The number of nitrogens with zero attached hydrogens (tertiary/aromatic N) is 2. The number of carboxylic acids is 1. The number of anilines is 1. The summed E-state index contributed by atoms with van der Waals surface area (Å²) < 4.78 is 107. The molecule has 244 valence electrons. The topological polar surface area (TPSA) is 129 Å². The molecule has 3 aromatic rings. The summed E-state index contributed by atoms with van der Waals surface area (Å²) in [7, 11) is -3.74. The van der Waals surface area contributed by atoms with Gasteiger partial charge >= 0.3 is 18.3 Å². The van der Waals surface area contributed by atoms with E-state index in [0.29, 0.717) is 18.6 Å². The number of halogens is 6. The van der Waals surface area contributed by atoms with Crippen LogP contribution in [0.5, 0.6) is 0 Å². The van der Waals surface area contributed by atoms with Gasteiger partial charge in [0.05, 0.1) is 38.7 Å². The first-order valence-electron chi connectivity index (χ1n) is 13.1. The Morgan fingerprint density at radius 3 is 2.20 bits per heavy atom. The number of rotatable bonds is 11. The van der Waals surface area contributed by atoms with E-state index in [1.165, 1.54) is 48.5 Å². The number of sulfonamides is 1. The average molecular weight is 705 g/mol. The lowest BCUT2D eigenvalue weighted by atomic mass is 10.0. The summed E-state index contributed by atoms with van der Waals surface area (Å²) in [5.74, 6) is -1.99. The third-order valence-corrected chi connectivity index (χ3v) is 8.92. The molecule has 1 aliphatic rings. The first kappa shape index (κ1) is 34.9. The van der Waals surface area contributed by atoms with Gasteiger partial charge in [-0.1, -0.05) is 30.0 Å². The predicted octanol–water partition coefficient (Wildman–Crippen LogP) is 6.41. The Balaban J connectivity index is 1.37. The molecule has 1 aromatic heterocycles. The lowest BCUT2D eigenvalue weighted by molar-refractivity contribution is -0.143. The Labute approximate surface area is 267 Å². The van der Waals surface area contributed by atoms with Crippen molar-refractivity contribution in [1.82, 2.24) is 15.4 Å². The summed E-state index contributed by atoms with van der Waals surface area (Å²) >= 11 is 6.12. The molecule has 0 radical (unpaired) electrons. The van der Waals surface area contributed by atoms with Crippen molar-refractivity contribution in [3.63, 3.8) is 0 Å². The van der Waals surface area contributed by atoms with Gasteiger partial charge in [-0.2, -0.15) is 26.3 Å². The molecule has 0 bridgehead atoms. The van der Waals surface area contributed by atoms with E-state index in [2.05, 4.69) is 15.1 Å². The van der Waals surface area contributed by atoms with E-state index in [0.717, 1.165) is 16.8 Å². The number of hydrogen-bond acceptors (Lipinski definition) is 8. The van der Waals surface area contributed by atoms with Gasteiger partial charge in [0.25, 0.3) is 5.91 Å². The van der Waals surface area contributed by atoms with Crippen LogP contribution >= 0.6 is 24.0 Å². The molecule has 4 rings (SSSR count). The Morgan fingerprint density at radius 2 is 1.61 bits per heavy atom. The van der Waals surface area contributed by atoms with Gasteiger partial charge in [0.1, 0.15) is 0 Å². The molecule has 1 amide bonds. The maximum absolute atomic E-state index is 13.3. The smallest absolute Gasteiger partial charge is 0.416 e. The van der Waals surface area contributed by atoms with Crippen molar-refractivity contribution in [2.75, 3.05) is 17.0 Å². The number of carbonyl (C=O) groups excluding carboxylic acids is 1. The Hall–Kier alpha value is -4.00. The number of hydrazine groups is 1. The van der Waals surface area contributed by atoms with Crippen LogP contribution in [-0.4, -0.2) is 52.0 Å². The molecule has 1 fully saturated rings. The molecule has 1 aliphatic heterocycles. The monoisotopic (exact) mass is 704 g/mol. The van der Waals surface area contributed by atoms with Gasteiger partial charge in [-0.25, -0.2) is 28.6 Å². The van der Waals surface area contributed by atoms with Crippen molar-refractivity contribution in [1.29, 1.82) is 0 Å². The van der Waals surface area contributed by atoms with Crippen molar-refractivity contribution in [2.24, 2.45) is 0 Å². The number of nitrogens with one attached hydrogen (secondary N) is 2. The third kappa shape index (κ3) is 9.05. The van der Waals surface area contributed by atoms with Crippen LogP contribution in [0.3, 0.4) is 0 Å². The zero-order chi connectivity index (χ0) is 33.9. The van der Waals surface area contributed by atoms with Crippen LogP contribution in [-0.2, 0) is 27.2 Å². The summed E-state index contributed by atoms with van der Waals surface area (Å²) in [5, 5.41) is 10.00. The second kappa shape index (κ2) is 13.8. The number of hydrogen-bond donors (Lipinski definition) is 3. The quantitative estimate of drug-likeness (QED) is 0.0898. The number of thioether (sulfide) groups is 1. The first-order chi connectivity index (χ1) is 21.4. The molecule has 9 nitrogen and oxygen atoms in total. The van der Waals surface area contributed by atoms with Crippen LogP contribution in [0.15, 0.2) is 65.6 Å². The van der Waals surface area contributed by atoms with Gasteiger partial charge in [0, 0.05) is 17.8 Å². The summed E-state index contributed by atoms with van der Waals surface area (Å²) in [6.45, 7) is 0.160. The molecule has 0 unspecified atom stereocenters. The molecule has 0 aliphatic carbocycles. The van der Waals surface area contributed by atoms with E-state index < -0.39 is 50.9 Å². The van der Waals surface area contributed by atoms with E-state index in [-0.39, 0.29) is 56.6 Å². The summed E-state index contributed by atoms with van der Waals surface area (Å²) in [4.78, 5) is 28.1. The Kier molecular flexibility index (Phi) is 10.4. The predicted molar refractivity (Wildman–Crippen MR) is 163 cm³/mol. The van der Waals surface area contributed by atoms with Crippen molar-refractivity contribution < 1.29 is 49.5 Å². The van der Waals surface area contributed by atoms with Crippen molar-refractivity contribution in [2.45, 2.75) is 25.2 Å². The van der Waals surface area contributed by atoms with Crippen LogP contribution in [0.2, 0.25) is 0 Å². The van der Waals surface area contributed by atoms with Crippen LogP contribution in [0, 0.1) is 0 Å². The van der Waals surface area contributed by atoms with Crippen molar-refractivity contribution >= 4 is 62.0 Å². The number of amides is 1. The van der Waals surface area contributed by atoms with E-state index in [9.17, 15) is 44.3 Å². The second-order valence-electron chi connectivity index (χ2n) is 9.68. The molecule has 0 spiro atoms. The second-order valence-corrected chi connectivity index (χ2v) is 13.2. The molecule has 46 heavy (non-hydrogen) atoms. The highest BCUT2D eigenvalue weighted by Crippen LogP contribution is 2.38. The van der Waals surface area contributed by atoms with Crippen LogP contribution in [0.4, 0.5) is 32.0 Å². The number of aromatic carboxylic acids is 1. The molecule has 18 heteroatoms. The summed E-state index contributed by atoms with van der Waals surface area (Å²) in [6, 6.07) is 10.3. The number of pyridine rings is 1. The largest absolute Gasteiger partial charge is 0.478 e. The number of benzene rings is 2. The minimum absolute atomic E-state index is 0.00226. The highest BCUT2D eigenvalue weighted by atomic mass is 32.2. The van der Waals surface area contributed by atoms with Crippen LogP contribution < -0.4 is 10.1 Å². The fourth-order valence-corrected chi connectivity index (χ4v) is 6.44. The van der Waals surface area contributed by atoms with E-state index in [1.54, 1.807) is 0 Å². The number of aromatic nitrogens is 1. The fourth-order valence-electron chi connectivity index (χ4n) is 4.05. The molecule has 3 N–H and O–H groups in total. The Morgan fingerprint density at radius 1 is 0.978 bits per heavy atom. The van der Waals surface area contributed by atoms with Crippen molar-refractivity contribution in [3.05, 3.63) is 88.0 Å². The Bertz CT molecular complexity index is 1760. The molecule has 2 aromatic carbocycles. The van der Waals surface area contributed by atoms with Crippen molar-refractivity contribution in [3.8, 4) is 11.3 Å². The van der Waals surface area contributed by atoms with E-state index in [4.69, 9.17) is 17.3 Å². The lowest BCUT2D eigenvalue weighted by Gasteiger charge is -2.15. The number of unbranched alkanes of at least 4 members (excludes halogenated alkanes) is 1. The SMILES string of the molecule is O=C(O)c1ccc(NS(=O)(=O)CCCCNN2C(=O)/C(=C/c3cccc(-c4cc(C(F)(F)F)cc(C(F)(F)F)c4)n3)SC2=S)cc1. The van der Waals surface area contributed by atoms with E-state index >= 15 is 0 Å². The number of thiocarbonyl (C=S) groups is 1. The van der Waals surface area contributed by atoms with E-state index in [1.807, 2.05) is 0 Å². The standard InChI is InChI=1S/C28H22F6N4O5S3/c29-27(30,31)18-12-17(13-19(14-18)28(32,33)34)22-5-3-4-21(36-22)15-23-24(39)38(26(44)45-23)35-10-1-2-11-46(42,43)37-20-8-6-16(7-9-20)25(40)41/h3-9,12-15,35,37H,1-2,10-11H2,(H,40,41)/b23-15-. The van der Waals surface area contributed by atoms with Crippen LogP contribution in [0.1, 0.15) is 40.0 Å². The molecule has 1 saturated heterocycles. The number of carboxylic acid groups (broad SMARTS) is 1. The summed E-state index contributed by atoms with van der Waals surface area (Å²) in [5.41, 5.74) is -0.482. The molecule has 0 atom stereocenters. The molecule has 2 heterocycles. The number of carbonyl (C=O) groups is 2. The minimum Gasteiger partial charge on any atom is -0.478 e.